The maximum atomic E-state index is 12.9. The molecule has 1 aromatic heterocycles. The molecule has 0 spiro atoms. The lowest BCUT2D eigenvalue weighted by Crippen LogP contribution is -2.42. The van der Waals surface area contributed by atoms with Crippen molar-refractivity contribution >= 4 is 34.7 Å². The highest BCUT2D eigenvalue weighted by molar-refractivity contribution is 7.12. The highest BCUT2D eigenvalue weighted by atomic mass is 32.1. The minimum atomic E-state index is -0.298. The van der Waals surface area contributed by atoms with Crippen LogP contribution >= 0.6 is 11.3 Å². The van der Waals surface area contributed by atoms with E-state index < -0.39 is 0 Å². The molecule has 0 radical (unpaired) electrons. The lowest BCUT2D eigenvalue weighted by molar-refractivity contribution is -0.122. The molecule has 0 aliphatic heterocycles. The highest BCUT2D eigenvalue weighted by Crippen LogP contribution is 2.19. The fourth-order valence-electron chi connectivity index (χ4n) is 2.41. The average molecular weight is 373 g/mol. The zero-order valence-corrected chi connectivity index (χ0v) is 15.9. The van der Waals surface area contributed by atoms with Gasteiger partial charge in [0.15, 0.2) is 0 Å². The lowest BCUT2D eigenvalue weighted by atomic mass is 10.1. The highest BCUT2D eigenvalue weighted by Gasteiger charge is 2.21. The molecule has 2 rings (SSSR count). The number of carbonyl (C=O) groups excluding carboxylic acids is 3. The number of nitrogens with one attached hydrogen (secondary N) is 2. The monoisotopic (exact) mass is 373 g/mol. The van der Waals surface area contributed by atoms with Gasteiger partial charge in [-0.25, -0.2) is 0 Å². The Morgan fingerprint density at radius 2 is 1.85 bits per heavy atom. The second-order valence-electron chi connectivity index (χ2n) is 6.02. The van der Waals surface area contributed by atoms with E-state index in [0.717, 1.165) is 0 Å². The van der Waals surface area contributed by atoms with Gasteiger partial charge in [-0.3, -0.25) is 14.4 Å². The minimum absolute atomic E-state index is 0.00804. The number of benzene rings is 1. The molecule has 7 heteroatoms. The quantitative estimate of drug-likeness (QED) is 0.783. The van der Waals surface area contributed by atoms with Crippen LogP contribution in [-0.2, 0) is 4.79 Å². The molecule has 1 aromatic carbocycles. The van der Waals surface area contributed by atoms with E-state index in [0.29, 0.717) is 22.7 Å². The summed E-state index contributed by atoms with van der Waals surface area (Å²) in [4.78, 5) is 39.2. The number of likely N-dealkylation sites (N-methyl/N-ethyl adjacent to an activating group) is 1. The van der Waals surface area contributed by atoms with Gasteiger partial charge < -0.3 is 15.5 Å². The van der Waals surface area contributed by atoms with Crippen LogP contribution in [0.15, 0.2) is 41.8 Å². The van der Waals surface area contributed by atoms with E-state index in [1.54, 1.807) is 36.4 Å². The number of anilines is 1. The standard InChI is InChI=1S/C19H23N3O3S/c1-4-22(12-17(23)20-13(2)3)19(25)14-8-5-6-9-15(14)21-18(24)16-10-7-11-26-16/h5-11,13H,4,12H2,1-3H3,(H,20,23)(H,21,24). The second kappa shape index (κ2) is 9.15. The van der Waals surface area contributed by atoms with Gasteiger partial charge in [0.05, 0.1) is 22.7 Å². The zero-order chi connectivity index (χ0) is 19.1. The molecule has 0 aliphatic rings. The summed E-state index contributed by atoms with van der Waals surface area (Å²) in [6, 6.07) is 10.3. The van der Waals surface area contributed by atoms with Gasteiger partial charge in [0, 0.05) is 12.6 Å². The van der Waals surface area contributed by atoms with E-state index in [2.05, 4.69) is 10.6 Å². The molecule has 0 saturated carbocycles. The third-order valence-electron chi connectivity index (χ3n) is 3.60. The summed E-state index contributed by atoms with van der Waals surface area (Å²) in [6.07, 6.45) is 0. The van der Waals surface area contributed by atoms with Crippen LogP contribution in [0.5, 0.6) is 0 Å². The van der Waals surface area contributed by atoms with Crippen molar-refractivity contribution in [3.63, 3.8) is 0 Å². The molecule has 2 N–H and O–H groups in total. The number of rotatable bonds is 7. The molecule has 138 valence electrons. The van der Waals surface area contributed by atoms with Crippen molar-refractivity contribution in [2.75, 3.05) is 18.4 Å². The Bertz CT molecular complexity index is 772. The Morgan fingerprint density at radius 1 is 1.12 bits per heavy atom. The molecular weight excluding hydrogens is 350 g/mol. The van der Waals surface area contributed by atoms with E-state index in [1.165, 1.54) is 16.2 Å². The summed E-state index contributed by atoms with van der Waals surface area (Å²) in [6.45, 7) is 5.91. The predicted octanol–water partition coefficient (Wildman–Crippen LogP) is 2.99. The molecule has 0 fully saturated rings. The van der Waals surface area contributed by atoms with Crippen LogP contribution in [0.3, 0.4) is 0 Å². The van der Waals surface area contributed by atoms with Gasteiger partial charge in [-0.1, -0.05) is 18.2 Å². The van der Waals surface area contributed by atoms with Crippen LogP contribution in [0.2, 0.25) is 0 Å². The maximum absolute atomic E-state index is 12.9. The third kappa shape index (κ3) is 5.16. The number of para-hydroxylation sites is 1. The van der Waals surface area contributed by atoms with Crippen molar-refractivity contribution in [2.45, 2.75) is 26.8 Å². The zero-order valence-electron chi connectivity index (χ0n) is 15.1. The topological polar surface area (TPSA) is 78.5 Å². The van der Waals surface area contributed by atoms with Crippen molar-refractivity contribution in [2.24, 2.45) is 0 Å². The molecular formula is C19H23N3O3S. The molecule has 0 unspecified atom stereocenters. The van der Waals surface area contributed by atoms with Crippen molar-refractivity contribution in [3.8, 4) is 0 Å². The number of thiophene rings is 1. The van der Waals surface area contributed by atoms with Gasteiger partial charge in [0.1, 0.15) is 0 Å². The van der Waals surface area contributed by atoms with E-state index >= 15 is 0 Å². The van der Waals surface area contributed by atoms with Crippen LogP contribution in [0, 0.1) is 0 Å². The molecule has 3 amide bonds. The Morgan fingerprint density at radius 3 is 2.46 bits per heavy atom. The fraction of sp³-hybridized carbons (Fsp3) is 0.316. The summed E-state index contributed by atoms with van der Waals surface area (Å²) in [5.41, 5.74) is 0.787. The van der Waals surface area contributed by atoms with E-state index in [1.807, 2.05) is 26.2 Å². The maximum Gasteiger partial charge on any atom is 0.265 e. The smallest absolute Gasteiger partial charge is 0.265 e. The first kappa shape index (κ1) is 19.7. The molecule has 0 atom stereocenters. The van der Waals surface area contributed by atoms with Gasteiger partial charge in [-0.2, -0.15) is 0 Å². The first-order valence-electron chi connectivity index (χ1n) is 8.44. The molecule has 26 heavy (non-hydrogen) atoms. The van der Waals surface area contributed by atoms with E-state index in [9.17, 15) is 14.4 Å². The minimum Gasteiger partial charge on any atom is -0.352 e. The fourth-order valence-corrected chi connectivity index (χ4v) is 3.03. The van der Waals surface area contributed by atoms with Crippen molar-refractivity contribution in [3.05, 3.63) is 52.2 Å². The van der Waals surface area contributed by atoms with E-state index in [4.69, 9.17) is 0 Å². The summed E-state index contributed by atoms with van der Waals surface area (Å²) >= 11 is 1.33. The predicted molar refractivity (Wildman–Crippen MR) is 104 cm³/mol. The summed E-state index contributed by atoms with van der Waals surface area (Å²) in [5.74, 6) is -0.773. The van der Waals surface area contributed by atoms with E-state index in [-0.39, 0.29) is 30.3 Å². The Hall–Kier alpha value is -2.67. The van der Waals surface area contributed by atoms with Gasteiger partial charge in [0.2, 0.25) is 5.91 Å². The molecule has 0 saturated heterocycles. The lowest BCUT2D eigenvalue weighted by Gasteiger charge is -2.22. The van der Waals surface area contributed by atoms with Gasteiger partial charge in [-0.15, -0.1) is 11.3 Å². The van der Waals surface area contributed by atoms with Crippen molar-refractivity contribution < 1.29 is 14.4 Å². The van der Waals surface area contributed by atoms with Crippen LogP contribution in [0.25, 0.3) is 0 Å². The van der Waals surface area contributed by atoms with Crippen LogP contribution < -0.4 is 10.6 Å². The number of nitrogens with zero attached hydrogens (tertiary/aromatic N) is 1. The Labute approximate surface area is 157 Å². The average Bonchev–Trinajstić information content (AvgIpc) is 3.13. The summed E-state index contributed by atoms with van der Waals surface area (Å²) in [7, 11) is 0. The normalized spacial score (nSPS) is 10.5. The van der Waals surface area contributed by atoms with Crippen molar-refractivity contribution in [1.29, 1.82) is 0 Å². The van der Waals surface area contributed by atoms with Gasteiger partial charge in [-0.05, 0) is 44.4 Å². The number of hydrogen-bond donors (Lipinski definition) is 2. The number of hydrogen-bond acceptors (Lipinski definition) is 4. The number of carbonyl (C=O) groups is 3. The molecule has 0 aliphatic carbocycles. The first-order chi connectivity index (χ1) is 12.4. The van der Waals surface area contributed by atoms with Crippen LogP contribution in [0.1, 0.15) is 40.8 Å². The Kier molecular flexibility index (Phi) is 6.91. The molecule has 0 bridgehead atoms. The number of amides is 3. The van der Waals surface area contributed by atoms with Gasteiger partial charge in [0.25, 0.3) is 11.8 Å². The van der Waals surface area contributed by atoms with Crippen molar-refractivity contribution in [1.82, 2.24) is 10.2 Å². The SMILES string of the molecule is CCN(CC(=O)NC(C)C)C(=O)c1ccccc1NC(=O)c1cccs1. The first-order valence-corrected chi connectivity index (χ1v) is 9.32. The Balaban J connectivity index is 2.17. The largest absolute Gasteiger partial charge is 0.352 e. The molecule has 1 heterocycles. The summed E-state index contributed by atoms with van der Waals surface area (Å²) < 4.78 is 0. The summed E-state index contributed by atoms with van der Waals surface area (Å²) in [5, 5.41) is 7.38. The third-order valence-corrected chi connectivity index (χ3v) is 4.47. The molecule has 6 nitrogen and oxygen atoms in total. The molecule has 2 aromatic rings. The van der Waals surface area contributed by atoms with Crippen LogP contribution in [0.4, 0.5) is 5.69 Å². The van der Waals surface area contributed by atoms with Crippen LogP contribution in [-0.4, -0.2) is 41.8 Å². The second-order valence-corrected chi connectivity index (χ2v) is 6.97. The van der Waals surface area contributed by atoms with Gasteiger partial charge >= 0.3 is 0 Å².